The first kappa shape index (κ1) is 6.14. The standard InChI is InChI=1S/C9H12O/c1-6-7-2-3-8(4-7)9(6)5-10/h2-3,5-9H,4H2,1H3/t6-,7-,8+,9-/m0/s1. The Kier molecular flexibility index (Phi) is 1.19. The molecular weight excluding hydrogens is 124 g/mol. The number of allylic oxidation sites excluding steroid dienone is 2. The first-order chi connectivity index (χ1) is 4.83. The molecule has 0 saturated heterocycles. The topological polar surface area (TPSA) is 17.1 Å². The molecule has 0 spiro atoms. The summed E-state index contributed by atoms with van der Waals surface area (Å²) in [7, 11) is 0. The molecule has 2 aliphatic carbocycles. The Hall–Kier alpha value is -0.590. The zero-order chi connectivity index (χ0) is 7.14. The van der Waals surface area contributed by atoms with Crippen LogP contribution in [0.2, 0.25) is 0 Å². The van der Waals surface area contributed by atoms with Gasteiger partial charge in [0.2, 0.25) is 0 Å². The van der Waals surface area contributed by atoms with Gasteiger partial charge in [-0.1, -0.05) is 19.1 Å². The van der Waals surface area contributed by atoms with Gasteiger partial charge in [0.25, 0.3) is 0 Å². The molecule has 1 fully saturated rings. The third kappa shape index (κ3) is 0.606. The van der Waals surface area contributed by atoms with Gasteiger partial charge in [-0.05, 0) is 24.2 Å². The molecule has 10 heavy (non-hydrogen) atoms. The van der Waals surface area contributed by atoms with Crippen LogP contribution in [0.5, 0.6) is 0 Å². The molecular formula is C9H12O. The molecule has 0 N–H and O–H groups in total. The number of rotatable bonds is 1. The Morgan fingerprint density at radius 3 is 2.50 bits per heavy atom. The van der Waals surface area contributed by atoms with Crippen LogP contribution in [0.15, 0.2) is 12.2 Å². The Balaban J connectivity index is 2.25. The lowest BCUT2D eigenvalue weighted by Gasteiger charge is -2.18. The van der Waals surface area contributed by atoms with Crippen molar-refractivity contribution < 1.29 is 4.79 Å². The van der Waals surface area contributed by atoms with E-state index in [0.29, 0.717) is 23.7 Å². The SMILES string of the molecule is C[C@@H]1[C@H](C=O)[C@@H]2C=C[C@H]1C2. The second-order valence-corrected chi connectivity index (χ2v) is 3.52. The van der Waals surface area contributed by atoms with Crippen molar-refractivity contribution in [2.75, 3.05) is 0 Å². The fraction of sp³-hybridized carbons (Fsp3) is 0.667. The van der Waals surface area contributed by atoms with E-state index in [1.54, 1.807) is 0 Å². The van der Waals surface area contributed by atoms with E-state index in [2.05, 4.69) is 19.1 Å². The quantitative estimate of drug-likeness (QED) is 0.395. The lowest BCUT2D eigenvalue weighted by Crippen LogP contribution is -2.17. The zero-order valence-corrected chi connectivity index (χ0v) is 6.16. The molecule has 0 aromatic rings. The van der Waals surface area contributed by atoms with Gasteiger partial charge in [-0.15, -0.1) is 0 Å². The van der Waals surface area contributed by atoms with Crippen LogP contribution in [-0.2, 0) is 4.79 Å². The molecule has 0 radical (unpaired) electrons. The Morgan fingerprint density at radius 2 is 2.10 bits per heavy atom. The average molecular weight is 136 g/mol. The Bertz CT molecular complexity index is 183. The molecule has 0 aromatic heterocycles. The molecule has 0 aromatic carbocycles. The molecule has 2 rings (SSSR count). The molecule has 0 aliphatic heterocycles. The lowest BCUT2D eigenvalue weighted by molar-refractivity contribution is -0.112. The number of aldehydes is 1. The maximum absolute atomic E-state index is 10.6. The van der Waals surface area contributed by atoms with E-state index in [4.69, 9.17) is 0 Å². The van der Waals surface area contributed by atoms with Crippen LogP contribution >= 0.6 is 0 Å². The Morgan fingerprint density at radius 1 is 1.40 bits per heavy atom. The molecule has 0 heterocycles. The second kappa shape index (κ2) is 1.94. The third-order valence-corrected chi connectivity index (χ3v) is 3.08. The predicted molar refractivity (Wildman–Crippen MR) is 39.5 cm³/mol. The predicted octanol–water partition coefficient (Wildman–Crippen LogP) is 1.64. The summed E-state index contributed by atoms with van der Waals surface area (Å²) in [6, 6.07) is 0. The van der Waals surface area contributed by atoms with Crippen LogP contribution in [0.4, 0.5) is 0 Å². The highest BCUT2D eigenvalue weighted by molar-refractivity contribution is 5.57. The summed E-state index contributed by atoms with van der Waals surface area (Å²) in [6.07, 6.45) is 6.85. The van der Waals surface area contributed by atoms with Crippen molar-refractivity contribution in [2.24, 2.45) is 23.7 Å². The molecule has 1 heteroatoms. The molecule has 1 saturated carbocycles. The highest BCUT2D eigenvalue weighted by Gasteiger charge is 2.41. The van der Waals surface area contributed by atoms with E-state index >= 15 is 0 Å². The first-order valence-corrected chi connectivity index (χ1v) is 3.96. The van der Waals surface area contributed by atoms with E-state index in [0.717, 1.165) is 6.29 Å². The minimum Gasteiger partial charge on any atom is -0.303 e. The summed E-state index contributed by atoms with van der Waals surface area (Å²) in [6.45, 7) is 2.19. The van der Waals surface area contributed by atoms with Crippen molar-refractivity contribution in [3.8, 4) is 0 Å². The summed E-state index contributed by atoms with van der Waals surface area (Å²) in [4.78, 5) is 10.6. The molecule has 54 valence electrons. The normalized spacial score (nSPS) is 50.1. The average Bonchev–Trinajstić information content (AvgIpc) is 2.46. The van der Waals surface area contributed by atoms with Crippen molar-refractivity contribution in [3.63, 3.8) is 0 Å². The van der Waals surface area contributed by atoms with E-state index in [-0.39, 0.29) is 0 Å². The molecule has 2 bridgehead atoms. The second-order valence-electron chi connectivity index (χ2n) is 3.52. The van der Waals surface area contributed by atoms with Gasteiger partial charge < -0.3 is 4.79 Å². The van der Waals surface area contributed by atoms with Gasteiger partial charge in [-0.2, -0.15) is 0 Å². The zero-order valence-electron chi connectivity index (χ0n) is 6.16. The van der Waals surface area contributed by atoms with Gasteiger partial charge in [0, 0.05) is 5.92 Å². The highest BCUT2D eigenvalue weighted by atomic mass is 16.1. The maximum atomic E-state index is 10.6. The van der Waals surface area contributed by atoms with Gasteiger partial charge in [0.05, 0.1) is 0 Å². The van der Waals surface area contributed by atoms with Crippen LogP contribution in [0.3, 0.4) is 0 Å². The van der Waals surface area contributed by atoms with Crippen LogP contribution in [0.25, 0.3) is 0 Å². The van der Waals surface area contributed by atoms with Crippen LogP contribution < -0.4 is 0 Å². The largest absolute Gasteiger partial charge is 0.303 e. The van der Waals surface area contributed by atoms with Crippen LogP contribution in [0, 0.1) is 23.7 Å². The van der Waals surface area contributed by atoms with Gasteiger partial charge in [-0.3, -0.25) is 0 Å². The number of fused-ring (bicyclic) bond motifs is 2. The Labute approximate surface area is 61.1 Å². The number of hydrogen-bond acceptors (Lipinski definition) is 1. The number of carbonyl (C=O) groups excluding carboxylic acids is 1. The monoisotopic (exact) mass is 136 g/mol. The van der Waals surface area contributed by atoms with Gasteiger partial charge in [-0.25, -0.2) is 0 Å². The third-order valence-electron chi connectivity index (χ3n) is 3.08. The van der Waals surface area contributed by atoms with Crippen LogP contribution in [0.1, 0.15) is 13.3 Å². The summed E-state index contributed by atoms with van der Waals surface area (Å²) >= 11 is 0. The summed E-state index contributed by atoms with van der Waals surface area (Å²) in [5.41, 5.74) is 0. The minimum absolute atomic E-state index is 0.329. The van der Waals surface area contributed by atoms with Crippen molar-refractivity contribution in [2.45, 2.75) is 13.3 Å². The van der Waals surface area contributed by atoms with E-state index in [9.17, 15) is 4.79 Å². The van der Waals surface area contributed by atoms with Crippen molar-refractivity contribution >= 4 is 6.29 Å². The van der Waals surface area contributed by atoms with Crippen molar-refractivity contribution in [1.82, 2.24) is 0 Å². The summed E-state index contributed by atoms with van der Waals surface area (Å²) < 4.78 is 0. The van der Waals surface area contributed by atoms with Gasteiger partial charge in [0.15, 0.2) is 0 Å². The first-order valence-electron chi connectivity index (χ1n) is 3.96. The van der Waals surface area contributed by atoms with Gasteiger partial charge >= 0.3 is 0 Å². The van der Waals surface area contributed by atoms with Gasteiger partial charge in [0.1, 0.15) is 6.29 Å². The van der Waals surface area contributed by atoms with Crippen molar-refractivity contribution in [1.29, 1.82) is 0 Å². The van der Waals surface area contributed by atoms with Crippen LogP contribution in [-0.4, -0.2) is 6.29 Å². The highest BCUT2D eigenvalue weighted by Crippen LogP contribution is 2.46. The molecule has 4 atom stereocenters. The summed E-state index contributed by atoms with van der Waals surface area (Å²) in [5.74, 6) is 2.22. The van der Waals surface area contributed by atoms with E-state index < -0.39 is 0 Å². The number of carbonyl (C=O) groups is 1. The van der Waals surface area contributed by atoms with Crippen molar-refractivity contribution in [3.05, 3.63) is 12.2 Å². The molecule has 2 aliphatic rings. The van der Waals surface area contributed by atoms with E-state index in [1.165, 1.54) is 6.42 Å². The fourth-order valence-electron chi connectivity index (χ4n) is 2.33. The smallest absolute Gasteiger partial charge is 0.123 e. The number of hydrogen-bond donors (Lipinski definition) is 0. The fourth-order valence-corrected chi connectivity index (χ4v) is 2.33. The minimum atomic E-state index is 0.329. The molecule has 0 amide bonds. The molecule has 0 unspecified atom stereocenters. The molecule has 1 nitrogen and oxygen atoms in total. The lowest BCUT2D eigenvalue weighted by atomic mass is 9.86. The maximum Gasteiger partial charge on any atom is 0.123 e. The summed E-state index contributed by atoms with van der Waals surface area (Å²) in [5, 5.41) is 0. The van der Waals surface area contributed by atoms with E-state index in [1.807, 2.05) is 0 Å².